The van der Waals surface area contributed by atoms with E-state index >= 15 is 0 Å². The van der Waals surface area contributed by atoms with E-state index in [9.17, 15) is 19.5 Å². The predicted molar refractivity (Wildman–Crippen MR) is 105 cm³/mol. The van der Waals surface area contributed by atoms with Gasteiger partial charge >= 0.3 is 5.97 Å². The van der Waals surface area contributed by atoms with Crippen molar-refractivity contribution in [3.8, 4) is 5.75 Å². The van der Waals surface area contributed by atoms with Crippen molar-refractivity contribution in [2.45, 2.75) is 45.1 Å². The molecule has 0 aliphatic heterocycles. The number of ether oxygens (including phenoxy) is 1. The Labute approximate surface area is 163 Å². The number of carbonyl (C=O) groups is 3. The molecule has 7 nitrogen and oxygen atoms in total. The van der Waals surface area contributed by atoms with Gasteiger partial charge in [-0.15, -0.1) is 0 Å². The fraction of sp³-hybridized carbons (Fsp3) is 0.476. The molecule has 0 spiro atoms. The van der Waals surface area contributed by atoms with Crippen LogP contribution in [0.2, 0.25) is 0 Å². The first kappa shape index (κ1) is 19.9. The fourth-order valence-electron chi connectivity index (χ4n) is 3.86. The van der Waals surface area contributed by atoms with E-state index in [4.69, 9.17) is 4.74 Å². The fourth-order valence-corrected chi connectivity index (χ4v) is 3.86. The van der Waals surface area contributed by atoms with Gasteiger partial charge in [0.2, 0.25) is 0 Å². The number of carboxylic acids is 1. The lowest BCUT2D eigenvalue weighted by Gasteiger charge is -2.31. The van der Waals surface area contributed by atoms with Gasteiger partial charge in [0, 0.05) is 29.7 Å². The van der Waals surface area contributed by atoms with E-state index in [0.29, 0.717) is 23.2 Å². The SMILES string of the molecule is COc1ccc2c(C(=O)C(=O)N(CC3CCCCC3)[C@@H](C)C(=O)O)c[nH]c2c1. The van der Waals surface area contributed by atoms with Crippen LogP contribution < -0.4 is 4.74 Å². The van der Waals surface area contributed by atoms with Gasteiger partial charge in [-0.25, -0.2) is 4.79 Å². The van der Waals surface area contributed by atoms with Crippen molar-refractivity contribution >= 4 is 28.6 Å². The van der Waals surface area contributed by atoms with Gasteiger partial charge in [-0.1, -0.05) is 19.3 Å². The van der Waals surface area contributed by atoms with E-state index in [2.05, 4.69) is 4.98 Å². The topological polar surface area (TPSA) is 99.7 Å². The van der Waals surface area contributed by atoms with Crippen LogP contribution in [0.25, 0.3) is 10.9 Å². The van der Waals surface area contributed by atoms with Crippen molar-refractivity contribution in [1.29, 1.82) is 0 Å². The first-order valence-electron chi connectivity index (χ1n) is 9.65. The van der Waals surface area contributed by atoms with Crippen molar-refractivity contribution in [3.05, 3.63) is 30.0 Å². The zero-order valence-corrected chi connectivity index (χ0v) is 16.2. The monoisotopic (exact) mass is 386 g/mol. The number of aromatic nitrogens is 1. The van der Waals surface area contributed by atoms with E-state index in [0.717, 1.165) is 32.1 Å². The van der Waals surface area contributed by atoms with E-state index in [1.165, 1.54) is 18.0 Å². The van der Waals surface area contributed by atoms with E-state index in [-0.39, 0.29) is 11.5 Å². The molecule has 1 fully saturated rings. The molecule has 1 saturated carbocycles. The van der Waals surface area contributed by atoms with Gasteiger partial charge in [-0.2, -0.15) is 0 Å². The normalized spacial score (nSPS) is 15.9. The highest BCUT2D eigenvalue weighted by molar-refractivity contribution is 6.45. The number of amides is 1. The maximum Gasteiger partial charge on any atom is 0.326 e. The molecule has 150 valence electrons. The first-order chi connectivity index (χ1) is 13.4. The molecule has 1 aliphatic carbocycles. The van der Waals surface area contributed by atoms with Gasteiger partial charge in [-0.3, -0.25) is 9.59 Å². The number of hydrogen-bond donors (Lipinski definition) is 2. The molecular weight excluding hydrogens is 360 g/mol. The number of Topliss-reactive ketones (excluding diaryl/α,β-unsaturated/α-hetero) is 1. The summed E-state index contributed by atoms with van der Waals surface area (Å²) in [5.41, 5.74) is 0.925. The van der Waals surface area contributed by atoms with Gasteiger partial charge in [0.15, 0.2) is 0 Å². The third kappa shape index (κ3) is 4.03. The molecule has 2 aromatic rings. The summed E-state index contributed by atoms with van der Waals surface area (Å²) >= 11 is 0. The molecule has 3 rings (SSSR count). The number of H-pyrrole nitrogens is 1. The quantitative estimate of drug-likeness (QED) is 0.562. The van der Waals surface area contributed by atoms with E-state index < -0.39 is 23.7 Å². The number of aromatic amines is 1. The number of aliphatic carboxylic acids is 1. The Morgan fingerprint density at radius 1 is 1.25 bits per heavy atom. The van der Waals surface area contributed by atoms with Crippen LogP contribution in [0, 0.1) is 5.92 Å². The molecule has 0 bridgehead atoms. The average Bonchev–Trinajstić information content (AvgIpc) is 3.14. The maximum atomic E-state index is 13.0. The summed E-state index contributed by atoms with van der Waals surface area (Å²) < 4.78 is 5.17. The number of fused-ring (bicyclic) bond motifs is 1. The number of carbonyl (C=O) groups excluding carboxylic acids is 2. The lowest BCUT2D eigenvalue weighted by molar-refractivity contribution is -0.148. The zero-order chi connectivity index (χ0) is 20.3. The third-order valence-electron chi connectivity index (χ3n) is 5.59. The predicted octanol–water partition coefficient (Wildman–Crippen LogP) is 3.24. The molecule has 1 aliphatic rings. The van der Waals surface area contributed by atoms with E-state index in [1.54, 1.807) is 25.3 Å². The molecule has 1 atom stereocenters. The third-order valence-corrected chi connectivity index (χ3v) is 5.59. The van der Waals surface area contributed by atoms with Crippen molar-refractivity contribution in [2.75, 3.05) is 13.7 Å². The lowest BCUT2D eigenvalue weighted by Crippen LogP contribution is -2.48. The standard InChI is InChI=1S/C21H26N2O5/c1-13(21(26)27)23(12-14-6-4-3-5-7-14)20(25)19(24)17-11-22-18-10-15(28-2)8-9-16(17)18/h8-11,13-14,22H,3-7,12H2,1-2H3,(H,26,27)/t13-/m0/s1. The van der Waals surface area contributed by atoms with Gasteiger partial charge in [0.25, 0.3) is 11.7 Å². The molecule has 0 unspecified atom stereocenters. The van der Waals surface area contributed by atoms with Crippen LogP contribution in [0.1, 0.15) is 49.4 Å². The van der Waals surface area contributed by atoms with Crippen molar-refractivity contribution in [3.63, 3.8) is 0 Å². The molecule has 0 radical (unpaired) electrons. The molecule has 1 heterocycles. The van der Waals surface area contributed by atoms with Crippen molar-refractivity contribution in [2.24, 2.45) is 5.92 Å². The molecule has 1 aromatic carbocycles. The van der Waals surface area contributed by atoms with Crippen LogP contribution in [0.15, 0.2) is 24.4 Å². The second kappa shape index (κ2) is 8.46. The Kier molecular flexibility index (Phi) is 6.02. The van der Waals surface area contributed by atoms with Crippen molar-refractivity contribution in [1.82, 2.24) is 9.88 Å². The number of carboxylic acid groups (broad SMARTS) is 1. The summed E-state index contributed by atoms with van der Waals surface area (Å²) in [5, 5.41) is 10.1. The first-order valence-corrected chi connectivity index (χ1v) is 9.65. The molecule has 0 saturated heterocycles. The number of nitrogens with zero attached hydrogens (tertiary/aromatic N) is 1. The van der Waals surface area contributed by atoms with Crippen LogP contribution in [0.3, 0.4) is 0 Å². The zero-order valence-electron chi connectivity index (χ0n) is 16.2. The second-order valence-electron chi connectivity index (χ2n) is 7.42. The Hall–Kier alpha value is -2.83. The Balaban J connectivity index is 1.86. The summed E-state index contributed by atoms with van der Waals surface area (Å²) in [6.07, 6.45) is 6.72. The summed E-state index contributed by atoms with van der Waals surface area (Å²) in [5.74, 6) is -1.70. The molecule has 2 N–H and O–H groups in total. The Bertz CT molecular complexity index is 882. The van der Waals surface area contributed by atoms with Crippen LogP contribution in [0.4, 0.5) is 0 Å². The molecule has 7 heteroatoms. The number of ketones is 1. The minimum absolute atomic E-state index is 0.236. The highest BCUT2D eigenvalue weighted by Crippen LogP contribution is 2.27. The summed E-state index contributed by atoms with van der Waals surface area (Å²) in [6, 6.07) is 4.13. The maximum absolute atomic E-state index is 13.0. The Morgan fingerprint density at radius 2 is 1.96 bits per heavy atom. The summed E-state index contributed by atoms with van der Waals surface area (Å²) in [6.45, 7) is 1.75. The number of benzene rings is 1. The highest BCUT2D eigenvalue weighted by Gasteiger charge is 2.33. The van der Waals surface area contributed by atoms with Gasteiger partial charge in [0.05, 0.1) is 12.7 Å². The summed E-state index contributed by atoms with van der Waals surface area (Å²) in [4.78, 5) is 41.7. The minimum atomic E-state index is -1.11. The van der Waals surface area contributed by atoms with Crippen LogP contribution in [-0.2, 0) is 9.59 Å². The van der Waals surface area contributed by atoms with Gasteiger partial charge in [-0.05, 0) is 37.8 Å². The lowest BCUT2D eigenvalue weighted by atomic mass is 9.88. The van der Waals surface area contributed by atoms with Gasteiger partial charge in [0.1, 0.15) is 11.8 Å². The Morgan fingerprint density at radius 3 is 2.61 bits per heavy atom. The van der Waals surface area contributed by atoms with Gasteiger partial charge < -0.3 is 19.7 Å². The smallest absolute Gasteiger partial charge is 0.326 e. The molecule has 1 amide bonds. The van der Waals surface area contributed by atoms with E-state index in [1.807, 2.05) is 0 Å². The van der Waals surface area contributed by atoms with Crippen LogP contribution in [0.5, 0.6) is 5.75 Å². The van der Waals surface area contributed by atoms with Crippen LogP contribution in [-0.4, -0.2) is 52.3 Å². The average molecular weight is 386 g/mol. The minimum Gasteiger partial charge on any atom is -0.497 e. The number of rotatable bonds is 7. The number of hydrogen-bond acceptors (Lipinski definition) is 4. The number of nitrogens with one attached hydrogen (secondary N) is 1. The summed E-state index contributed by atoms with van der Waals surface area (Å²) in [7, 11) is 1.55. The highest BCUT2D eigenvalue weighted by atomic mass is 16.5. The van der Waals surface area contributed by atoms with Crippen molar-refractivity contribution < 1.29 is 24.2 Å². The van der Waals surface area contributed by atoms with Crippen LogP contribution >= 0.6 is 0 Å². The molecule has 28 heavy (non-hydrogen) atoms. The second-order valence-corrected chi connectivity index (χ2v) is 7.42. The number of methoxy groups -OCH3 is 1. The molecular formula is C21H26N2O5. The molecule has 1 aromatic heterocycles. The largest absolute Gasteiger partial charge is 0.497 e.